The number of fused-ring (bicyclic) bond motifs is 1. The Balaban J connectivity index is 0.00000208. The average Bonchev–Trinajstić information content (AvgIpc) is 2.94. The summed E-state index contributed by atoms with van der Waals surface area (Å²) < 4.78 is 33.7. The standard InChI is InChI=1S/C17H15F2N2O2.BrH/c1-23-13-8-6-12(7-9-13)16(22)10-20-11-21(17(18)19)15-5-3-2-4-14(15)20;/h2-9,11,17H,10H2,1H3;1H/q+1;/p-1. The Kier molecular flexibility index (Phi) is 5.66. The molecule has 1 aromatic heterocycles. The van der Waals surface area contributed by atoms with Crippen molar-refractivity contribution in [3.8, 4) is 5.75 Å². The van der Waals surface area contributed by atoms with Crippen LogP contribution in [0.2, 0.25) is 0 Å². The van der Waals surface area contributed by atoms with Crippen LogP contribution in [-0.4, -0.2) is 17.5 Å². The fourth-order valence-corrected chi connectivity index (χ4v) is 2.50. The van der Waals surface area contributed by atoms with Gasteiger partial charge in [-0.3, -0.25) is 4.79 Å². The zero-order valence-electron chi connectivity index (χ0n) is 12.8. The SMILES string of the molecule is COc1ccc(C(=O)C[n+]2cn(C(F)F)c3ccccc32)cc1.[Br-]. The van der Waals surface area contributed by atoms with E-state index in [1.165, 1.54) is 10.9 Å². The lowest BCUT2D eigenvalue weighted by molar-refractivity contribution is -0.658. The summed E-state index contributed by atoms with van der Waals surface area (Å²) in [5.74, 6) is 0.498. The number of carbonyl (C=O) groups excluding carboxylic acids is 1. The van der Waals surface area contributed by atoms with Crippen LogP contribution in [0.1, 0.15) is 16.9 Å². The number of hydrogen-bond acceptors (Lipinski definition) is 2. The minimum Gasteiger partial charge on any atom is -1.00 e. The van der Waals surface area contributed by atoms with E-state index in [1.807, 2.05) is 0 Å². The predicted octanol–water partition coefficient (Wildman–Crippen LogP) is 0.219. The second-order valence-electron chi connectivity index (χ2n) is 5.07. The molecule has 0 saturated carbocycles. The monoisotopic (exact) mass is 396 g/mol. The lowest BCUT2D eigenvalue weighted by Crippen LogP contribution is -3.00. The summed E-state index contributed by atoms with van der Waals surface area (Å²) in [5.41, 5.74) is 1.49. The smallest absolute Gasteiger partial charge is 0.387 e. The van der Waals surface area contributed by atoms with Crippen molar-refractivity contribution in [2.75, 3.05) is 7.11 Å². The molecule has 0 aliphatic carbocycles. The number of ether oxygens (including phenoxy) is 1. The topological polar surface area (TPSA) is 35.1 Å². The maximum Gasteiger partial charge on any atom is 0.387 e. The number of benzene rings is 2. The quantitative estimate of drug-likeness (QED) is 0.456. The van der Waals surface area contributed by atoms with E-state index < -0.39 is 6.55 Å². The number of hydrogen-bond donors (Lipinski definition) is 0. The molecule has 0 fully saturated rings. The van der Waals surface area contributed by atoms with Crippen molar-refractivity contribution in [1.82, 2.24) is 4.57 Å². The van der Waals surface area contributed by atoms with Crippen LogP contribution in [0.4, 0.5) is 8.78 Å². The summed E-state index contributed by atoms with van der Waals surface area (Å²) in [4.78, 5) is 12.4. The molecule has 3 aromatic rings. The lowest BCUT2D eigenvalue weighted by atomic mass is 10.1. The zero-order chi connectivity index (χ0) is 16.4. The van der Waals surface area contributed by atoms with Gasteiger partial charge in [0, 0.05) is 5.56 Å². The molecule has 24 heavy (non-hydrogen) atoms. The highest BCUT2D eigenvalue weighted by Gasteiger charge is 2.23. The van der Waals surface area contributed by atoms with Gasteiger partial charge >= 0.3 is 6.55 Å². The van der Waals surface area contributed by atoms with Crippen molar-refractivity contribution >= 4 is 16.8 Å². The zero-order valence-corrected chi connectivity index (χ0v) is 14.4. The van der Waals surface area contributed by atoms with Gasteiger partial charge in [0.15, 0.2) is 17.6 Å². The van der Waals surface area contributed by atoms with E-state index in [0.29, 0.717) is 22.3 Å². The van der Waals surface area contributed by atoms with Crippen molar-refractivity contribution < 1.29 is 39.9 Å². The van der Waals surface area contributed by atoms with Crippen molar-refractivity contribution in [1.29, 1.82) is 0 Å². The first-order chi connectivity index (χ1) is 11.1. The number of methoxy groups -OCH3 is 1. The first-order valence-electron chi connectivity index (χ1n) is 7.04. The van der Waals surface area contributed by atoms with Gasteiger partial charge in [-0.2, -0.15) is 13.3 Å². The molecule has 3 rings (SSSR count). The third kappa shape index (κ3) is 3.46. The first-order valence-corrected chi connectivity index (χ1v) is 7.04. The number of rotatable bonds is 5. The fraction of sp³-hybridized carbons (Fsp3) is 0.176. The Morgan fingerprint density at radius 2 is 1.83 bits per heavy atom. The fourth-order valence-electron chi connectivity index (χ4n) is 2.50. The summed E-state index contributed by atoms with van der Waals surface area (Å²) in [6.45, 7) is -2.66. The summed E-state index contributed by atoms with van der Waals surface area (Å²) in [7, 11) is 1.55. The number of halogens is 3. The van der Waals surface area contributed by atoms with Gasteiger partial charge in [-0.05, 0) is 36.4 Å². The van der Waals surface area contributed by atoms with Crippen LogP contribution in [0.5, 0.6) is 5.75 Å². The van der Waals surface area contributed by atoms with E-state index in [9.17, 15) is 13.6 Å². The molecule has 2 aromatic carbocycles. The molecule has 0 spiro atoms. The van der Waals surface area contributed by atoms with E-state index in [2.05, 4.69) is 0 Å². The number of nitrogens with zero attached hydrogens (tertiary/aromatic N) is 2. The lowest BCUT2D eigenvalue weighted by Gasteiger charge is -2.02. The molecule has 7 heteroatoms. The van der Waals surface area contributed by atoms with Gasteiger partial charge < -0.3 is 21.7 Å². The summed E-state index contributed by atoms with van der Waals surface area (Å²) in [6, 6.07) is 13.5. The van der Waals surface area contributed by atoms with Crippen molar-refractivity contribution in [3.05, 3.63) is 60.4 Å². The van der Waals surface area contributed by atoms with Gasteiger partial charge in [-0.15, -0.1) is 0 Å². The van der Waals surface area contributed by atoms with Crippen molar-refractivity contribution in [2.45, 2.75) is 13.1 Å². The molecule has 0 bridgehead atoms. The number of para-hydroxylation sites is 2. The molecule has 126 valence electrons. The van der Waals surface area contributed by atoms with Crippen LogP contribution >= 0.6 is 0 Å². The molecule has 0 N–H and O–H groups in total. The Morgan fingerprint density at radius 3 is 2.46 bits per heavy atom. The Morgan fingerprint density at radius 1 is 1.17 bits per heavy atom. The van der Waals surface area contributed by atoms with Gasteiger partial charge in [0.25, 0.3) is 0 Å². The molecular weight excluding hydrogens is 382 g/mol. The number of ketones is 1. The minimum absolute atomic E-state index is 0. The number of alkyl halides is 2. The molecule has 0 aliphatic heterocycles. The Bertz CT molecular complexity index is 847. The van der Waals surface area contributed by atoms with Crippen LogP contribution < -0.4 is 26.3 Å². The Labute approximate surface area is 148 Å². The van der Waals surface area contributed by atoms with E-state index in [4.69, 9.17) is 4.74 Å². The van der Waals surface area contributed by atoms with Crippen LogP contribution in [0, 0.1) is 0 Å². The number of aromatic nitrogens is 2. The van der Waals surface area contributed by atoms with Crippen LogP contribution in [-0.2, 0) is 6.54 Å². The highest BCUT2D eigenvalue weighted by molar-refractivity contribution is 5.95. The highest BCUT2D eigenvalue weighted by Crippen LogP contribution is 2.18. The van der Waals surface area contributed by atoms with Gasteiger partial charge in [-0.25, -0.2) is 4.57 Å². The van der Waals surface area contributed by atoms with Crippen LogP contribution in [0.3, 0.4) is 0 Å². The van der Waals surface area contributed by atoms with Crippen molar-refractivity contribution in [2.24, 2.45) is 0 Å². The maximum atomic E-state index is 13.1. The molecule has 0 atom stereocenters. The van der Waals surface area contributed by atoms with Gasteiger partial charge in [-0.1, -0.05) is 12.1 Å². The van der Waals surface area contributed by atoms with Gasteiger partial charge in [0.05, 0.1) is 7.11 Å². The maximum absolute atomic E-state index is 13.1. The first kappa shape index (κ1) is 18.1. The summed E-state index contributed by atoms with van der Waals surface area (Å²) in [6.07, 6.45) is 1.27. The van der Waals surface area contributed by atoms with E-state index in [1.54, 1.807) is 55.6 Å². The molecule has 1 heterocycles. The number of Topliss-reactive ketones (excluding diaryl/α,β-unsaturated/α-hetero) is 1. The second-order valence-corrected chi connectivity index (χ2v) is 5.07. The minimum atomic E-state index is -2.66. The number of imidazole rings is 1. The molecule has 0 unspecified atom stereocenters. The van der Waals surface area contributed by atoms with Crippen LogP contribution in [0.15, 0.2) is 54.9 Å². The number of carbonyl (C=O) groups is 1. The summed E-state index contributed by atoms with van der Waals surface area (Å²) in [5, 5.41) is 0. The molecule has 4 nitrogen and oxygen atoms in total. The van der Waals surface area contributed by atoms with E-state index in [0.717, 1.165) is 4.57 Å². The molecule has 0 saturated heterocycles. The van der Waals surface area contributed by atoms with E-state index >= 15 is 0 Å². The molecule has 0 amide bonds. The average molecular weight is 397 g/mol. The third-order valence-electron chi connectivity index (χ3n) is 3.67. The third-order valence-corrected chi connectivity index (χ3v) is 3.67. The predicted molar refractivity (Wildman–Crippen MR) is 80.7 cm³/mol. The van der Waals surface area contributed by atoms with Gasteiger partial charge in [0.2, 0.25) is 12.1 Å². The second kappa shape index (κ2) is 7.53. The molecular formula is C17H15BrF2N2O2. The van der Waals surface area contributed by atoms with E-state index in [-0.39, 0.29) is 29.3 Å². The molecule has 0 aliphatic rings. The highest BCUT2D eigenvalue weighted by atomic mass is 79.9. The summed E-state index contributed by atoms with van der Waals surface area (Å²) >= 11 is 0. The largest absolute Gasteiger partial charge is 1.00 e. The normalized spacial score (nSPS) is 10.7. The van der Waals surface area contributed by atoms with Gasteiger partial charge in [0.1, 0.15) is 5.75 Å². The Hall–Kier alpha value is -2.28. The van der Waals surface area contributed by atoms with Crippen molar-refractivity contribution in [3.63, 3.8) is 0 Å². The van der Waals surface area contributed by atoms with Crippen LogP contribution in [0.25, 0.3) is 11.0 Å². The molecule has 0 radical (unpaired) electrons.